The molecule has 0 spiro atoms. The standard InChI is InChI=1S/C25H31FN2O4/c1-5-32-25(31)23-16(2)22(17(3)27(23)4)21(29)15-28(20-9-7-6-8-10-20)24(30)18-11-13-19(26)14-12-18/h11-14,20H,5-10,15H2,1-4H3. The van der Waals surface area contributed by atoms with Crippen molar-refractivity contribution in [2.75, 3.05) is 13.2 Å². The normalized spacial score (nSPS) is 14.3. The van der Waals surface area contributed by atoms with Gasteiger partial charge in [-0.15, -0.1) is 0 Å². The minimum atomic E-state index is -0.471. The van der Waals surface area contributed by atoms with E-state index in [1.165, 1.54) is 24.3 Å². The van der Waals surface area contributed by atoms with Crippen LogP contribution in [0.2, 0.25) is 0 Å². The first-order valence-corrected chi connectivity index (χ1v) is 11.2. The number of carbonyl (C=O) groups excluding carboxylic acids is 3. The number of ketones is 1. The van der Waals surface area contributed by atoms with Crippen LogP contribution in [0.15, 0.2) is 24.3 Å². The van der Waals surface area contributed by atoms with E-state index in [0.29, 0.717) is 28.1 Å². The van der Waals surface area contributed by atoms with Gasteiger partial charge in [0.25, 0.3) is 5.91 Å². The van der Waals surface area contributed by atoms with E-state index in [-0.39, 0.29) is 30.9 Å². The second kappa shape index (κ2) is 10.1. The first-order valence-electron chi connectivity index (χ1n) is 11.2. The summed E-state index contributed by atoms with van der Waals surface area (Å²) in [5, 5.41) is 0. The van der Waals surface area contributed by atoms with E-state index in [1.54, 1.807) is 37.3 Å². The summed E-state index contributed by atoms with van der Waals surface area (Å²) in [5.74, 6) is -1.38. The largest absolute Gasteiger partial charge is 0.461 e. The molecule has 0 atom stereocenters. The molecule has 7 heteroatoms. The van der Waals surface area contributed by atoms with Gasteiger partial charge in [0, 0.05) is 29.9 Å². The van der Waals surface area contributed by atoms with Crippen molar-refractivity contribution >= 4 is 17.7 Å². The number of carbonyl (C=O) groups is 3. The topological polar surface area (TPSA) is 68.6 Å². The Morgan fingerprint density at radius 1 is 1.09 bits per heavy atom. The molecule has 1 fully saturated rings. The lowest BCUT2D eigenvalue weighted by Crippen LogP contribution is -2.44. The van der Waals surface area contributed by atoms with Gasteiger partial charge < -0.3 is 14.2 Å². The van der Waals surface area contributed by atoms with Gasteiger partial charge in [-0.1, -0.05) is 19.3 Å². The zero-order chi connectivity index (χ0) is 23.4. The molecule has 3 rings (SSSR count). The summed E-state index contributed by atoms with van der Waals surface area (Å²) < 4.78 is 20.2. The summed E-state index contributed by atoms with van der Waals surface area (Å²) in [6.45, 7) is 5.41. The van der Waals surface area contributed by atoms with E-state index in [1.807, 2.05) is 0 Å². The number of Topliss-reactive ketones (excluding diaryl/α,β-unsaturated/α-hetero) is 1. The first kappa shape index (κ1) is 23.7. The highest BCUT2D eigenvalue weighted by molar-refractivity contribution is 6.06. The van der Waals surface area contributed by atoms with Gasteiger partial charge in [0.15, 0.2) is 5.78 Å². The third-order valence-electron chi connectivity index (χ3n) is 6.36. The average Bonchev–Trinajstić information content (AvgIpc) is 3.01. The van der Waals surface area contributed by atoms with Crippen LogP contribution in [0.4, 0.5) is 4.39 Å². The third-order valence-corrected chi connectivity index (χ3v) is 6.36. The molecule has 1 heterocycles. The maximum atomic E-state index is 13.5. The summed E-state index contributed by atoms with van der Waals surface area (Å²) in [7, 11) is 1.73. The Kier molecular flexibility index (Phi) is 7.48. The lowest BCUT2D eigenvalue weighted by molar-refractivity contribution is 0.0513. The number of hydrogen-bond acceptors (Lipinski definition) is 4. The smallest absolute Gasteiger partial charge is 0.355 e. The molecule has 0 saturated heterocycles. The average molecular weight is 443 g/mol. The van der Waals surface area contributed by atoms with E-state index < -0.39 is 11.8 Å². The van der Waals surface area contributed by atoms with Crippen LogP contribution in [0, 0.1) is 19.7 Å². The predicted molar refractivity (Wildman–Crippen MR) is 119 cm³/mol. The minimum absolute atomic E-state index is 0.0425. The van der Waals surface area contributed by atoms with Crippen LogP contribution >= 0.6 is 0 Å². The van der Waals surface area contributed by atoms with Crippen molar-refractivity contribution in [2.45, 2.75) is 58.9 Å². The minimum Gasteiger partial charge on any atom is -0.461 e. The molecule has 0 radical (unpaired) electrons. The van der Waals surface area contributed by atoms with E-state index >= 15 is 0 Å². The molecule has 1 aromatic carbocycles. The highest BCUT2D eigenvalue weighted by Crippen LogP contribution is 2.27. The zero-order valence-electron chi connectivity index (χ0n) is 19.2. The number of rotatable bonds is 7. The molecular formula is C25H31FN2O4. The predicted octanol–water partition coefficient (Wildman–Crippen LogP) is 4.62. The van der Waals surface area contributed by atoms with Crippen molar-refractivity contribution in [1.29, 1.82) is 0 Å². The van der Waals surface area contributed by atoms with Gasteiger partial charge in [-0.25, -0.2) is 9.18 Å². The van der Waals surface area contributed by atoms with Gasteiger partial charge in [-0.3, -0.25) is 9.59 Å². The number of ether oxygens (including phenoxy) is 1. The molecule has 1 aliphatic carbocycles. The molecule has 1 amide bonds. The molecule has 0 aliphatic heterocycles. The lowest BCUT2D eigenvalue weighted by Gasteiger charge is -2.34. The van der Waals surface area contributed by atoms with Crippen LogP contribution in [-0.4, -0.2) is 46.3 Å². The van der Waals surface area contributed by atoms with Crippen molar-refractivity contribution in [3.8, 4) is 0 Å². The Hall–Kier alpha value is -2.96. The van der Waals surface area contributed by atoms with E-state index in [4.69, 9.17) is 4.74 Å². The molecule has 1 saturated carbocycles. The second-order valence-corrected chi connectivity index (χ2v) is 8.37. The number of nitrogens with zero attached hydrogens (tertiary/aromatic N) is 2. The molecule has 0 N–H and O–H groups in total. The molecular weight excluding hydrogens is 411 g/mol. The Morgan fingerprint density at radius 2 is 1.72 bits per heavy atom. The van der Waals surface area contributed by atoms with Gasteiger partial charge in [0.05, 0.1) is 13.2 Å². The summed E-state index contributed by atoms with van der Waals surface area (Å²) in [5.41, 5.74) is 2.38. The van der Waals surface area contributed by atoms with Gasteiger partial charge in [-0.2, -0.15) is 0 Å². The van der Waals surface area contributed by atoms with Crippen LogP contribution in [0.5, 0.6) is 0 Å². The van der Waals surface area contributed by atoms with Crippen molar-refractivity contribution in [3.05, 3.63) is 58.2 Å². The van der Waals surface area contributed by atoms with Crippen molar-refractivity contribution < 1.29 is 23.5 Å². The Bertz CT molecular complexity index is 1000. The maximum absolute atomic E-state index is 13.5. The van der Waals surface area contributed by atoms with E-state index in [2.05, 4.69) is 0 Å². The fourth-order valence-electron chi connectivity index (χ4n) is 4.63. The maximum Gasteiger partial charge on any atom is 0.355 e. The number of halogens is 1. The van der Waals surface area contributed by atoms with Crippen LogP contribution in [0.1, 0.15) is 81.5 Å². The Balaban J connectivity index is 1.93. The van der Waals surface area contributed by atoms with Gasteiger partial charge in [0.2, 0.25) is 0 Å². The zero-order valence-corrected chi connectivity index (χ0v) is 19.2. The number of esters is 1. The molecule has 2 aromatic rings. The molecule has 32 heavy (non-hydrogen) atoms. The molecule has 0 unspecified atom stereocenters. The van der Waals surface area contributed by atoms with Crippen LogP contribution < -0.4 is 0 Å². The summed E-state index contributed by atoms with van der Waals surface area (Å²) in [6.07, 6.45) is 4.79. The molecule has 172 valence electrons. The summed E-state index contributed by atoms with van der Waals surface area (Å²) >= 11 is 0. The number of aromatic nitrogens is 1. The second-order valence-electron chi connectivity index (χ2n) is 8.37. The van der Waals surface area contributed by atoms with Gasteiger partial charge in [0.1, 0.15) is 11.5 Å². The summed E-state index contributed by atoms with van der Waals surface area (Å²) in [4.78, 5) is 40.8. The highest BCUT2D eigenvalue weighted by atomic mass is 19.1. The van der Waals surface area contributed by atoms with Crippen molar-refractivity contribution in [1.82, 2.24) is 9.47 Å². The number of benzene rings is 1. The number of hydrogen-bond donors (Lipinski definition) is 0. The fraction of sp³-hybridized carbons (Fsp3) is 0.480. The van der Waals surface area contributed by atoms with E-state index in [9.17, 15) is 18.8 Å². The molecule has 0 bridgehead atoms. The fourth-order valence-corrected chi connectivity index (χ4v) is 4.63. The third kappa shape index (κ3) is 4.76. The SMILES string of the molecule is CCOC(=O)c1c(C)c(C(=O)CN(C(=O)c2ccc(F)cc2)C2CCCCC2)c(C)n1C. The van der Waals surface area contributed by atoms with Crippen LogP contribution in [-0.2, 0) is 11.8 Å². The Morgan fingerprint density at radius 3 is 2.31 bits per heavy atom. The van der Waals surface area contributed by atoms with Crippen molar-refractivity contribution in [2.24, 2.45) is 7.05 Å². The van der Waals surface area contributed by atoms with Crippen LogP contribution in [0.3, 0.4) is 0 Å². The summed E-state index contributed by atoms with van der Waals surface area (Å²) in [6, 6.07) is 5.38. The Labute approximate surface area is 188 Å². The van der Waals surface area contributed by atoms with Crippen molar-refractivity contribution in [3.63, 3.8) is 0 Å². The quantitative estimate of drug-likeness (QED) is 0.464. The highest BCUT2D eigenvalue weighted by Gasteiger charge is 2.31. The monoisotopic (exact) mass is 442 g/mol. The molecule has 1 aliphatic rings. The van der Waals surface area contributed by atoms with Crippen LogP contribution in [0.25, 0.3) is 0 Å². The van der Waals surface area contributed by atoms with Gasteiger partial charge in [-0.05, 0) is 63.4 Å². The number of amides is 1. The molecule has 6 nitrogen and oxygen atoms in total. The van der Waals surface area contributed by atoms with E-state index in [0.717, 1.165) is 32.1 Å². The lowest BCUT2D eigenvalue weighted by atomic mass is 9.93. The first-order chi connectivity index (χ1) is 15.3. The van der Waals surface area contributed by atoms with Gasteiger partial charge >= 0.3 is 5.97 Å². The molecule has 1 aromatic heterocycles.